The third-order valence-corrected chi connectivity index (χ3v) is 5.39. The number of carbonyl (C=O) groups excluding carboxylic acids is 1. The first kappa shape index (κ1) is 17.3. The number of hydrogen-bond acceptors (Lipinski definition) is 4. The largest absolute Gasteiger partial charge is 0.466 e. The number of rotatable bonds is 4. The number of nitrogens with zero attached hydrogens (tertiary/aromatic N) is 1. The van der Waals surface area contributed by atoms with E-state index in [0.29, 0.717) is 11.8 Å². The quantitative estimate of drug-likeness (QED) is 0.787. The fraction of sp³-hybridized carbons (Fsp3) is 0.722. The molecular weight excluding hydrogens is 306 g/mol. The van der Waals surface area contributed by atoms with Crippen LogP contribution in [0.15, 0.2) is 10.5 Å². The number of urea groups is 1. The van der Waals surface area contributed by atoms with Gasteiger partial charge >= 0.3 is 6.03 Å². The molecule has 2 aliphatic heterocycles. The summed E-state index contributed by atoms with van der Waals surface area (Å²) in [6.45, 7) is 7.75. The monoisotopic (exact) mass is 335 g/mol. The van der Waals surface area contributed by atoms with Gasteiger partial charge in [0, 0.05) is 24.2 Å². The van der Waals surface area contributed by atoms with Gasteiger partial charge in [0.25, 0.3) is 0 Å². The summed E-state index contributed by atoms with van der Waals surface area (Å²) in [6, 6.07) is 2.31. The maximum absolute atomic E-state index is 12.3. The zero-order valence-electron chi connectivity index (χ0n) is 14.9. The molecule has 0 radical (unpaired) electrons. The summed E-state index contributed by atoms with van der Waals surface area (Å²) in [5, 5.41) is 16.6. The van der Waals surface area contributed by atoms with Crippen LogP contribution in [0.2, 0.25) is 0 Å². The zero-order chi connectivity index (χ0) is 17.3. The molecule has 3 heterocycles. The molecule has 2 fully saturated rings. The van der Waals surface area contributed by atoms with E-state index in [4.69, 9.17) is 4.42 Å². The molecule has 0 aliphatic carbocycles. The van der Waals surface area contributed by atoms with Crippen molar-refractivity contribution in [3.05, 3.63) is 23.2 Å². The van der Waals surface area contributed by atoms with Crippen molar-refractivity contribution in [1.82, 2.24) is 15.5 Å². The summed E-state index contributed by atoms with van der Waals surface area (Å²) >= 11 is 0. The molecule has 0 spiro atoms. The molecule has 6 heteroatoms. The smallest absolute Gasteiger partial charge is 0.315 e. The van der Waals surface area contributed by atoms with Crippen LogP contribution in [0.4, 0.5) is 4.79 Å². The molecule has 3 unspecified atom stereocenters. The second-order valence-electron chi connectivity index (χ2n) is 7.42. The Labute approximate surface area is 143 Å². The minimum absolute atomic E-state index is 0.153. The minimum Gasteiger partial charge on any atom is -0.466 e. The fourth-order valence-corrected chi connectivity index (χ4v) is 4.15. The number of piperidine rings is 1. The van der Waals surface area contributed by atoms with E-state index in [1.165, 1.54) is 12.8 Å². The maximum atomic E-state index is 12.3. The lowest BCUT2D eigenvalue weighted by atomic mass is 9.96. The Balaban J connectivity index is 1.53. The average Bonchev–Trinajstić information content (AvgIpc) is 3.09. The Hall–Kier alpha value is -1.53. The van der Waals surface area contributed by atoms with Gasteiger partial charge in [-0.05, 0) is 52.6 Å². The highest BCUT2D eigenvalue weighted by atomic mass is 16.3. The Morgan fingerprint density at radius 2 is 2.17 bits per heavy atom. The van der Waals surface area contributed by atoms with Crippen molar-refractivity contribution >= 4 is 6.03 Å². The average molecular weight is 335 g/mol. The molecule has 2 saturated heterocycles. The number of amides is 2. The van der Waals surface area contributed by atoms with Crippen molar-refractivity contribution in [3.8, 4) is 0 Å². The topological polar surface area (TPSA) is 77.7 Å². The lowest BCUT2D eigenvalue weighted by Gasteiger charge is -2.32. The Morgan fingerprint density at radius 1 is 1.38 bits per heavy atom. The van der Waals surface area contributed by atoms with E-state index in [0.717, 1.165) is 37.3 Å². The summed E-state index contributed by atoms with van der Waals surface area (Å²) in [7, 11) is 0. The number of aryl methyl sites for hydroxylation is 2. The van der Waals surface area contributed by atoms with Crippen LogP contribution >= 0.6 is 0 Å². The fourth-order valence-electron chi connectivity index (χ4n) is 4.15. The van der Waals surface area contributed by atoms with Crippen LogP contribution in [0, 0.1) is 13.8 Å². The normalized spacial score (nSPS) is 26.7. The van der Waals surface area contributed by atoms with Crippen molar-refractivity contribution in [1.29, 1.82) is 0 Å². The molecule has 1 aromatic heterocycles. The van der Waals surface area contributed by atoms with Gasteiger partial charge in [0.15, 0.2) is 0 Å². The molecule has 3 rings (SSSR count). The molecule has 2 amide bonds. The van der Waals surface area contributed by atoms with E-state index >= 15 is 0 Å². The second kappa shape index (κ2) is 6.76. The molecule has 6 nitrogen and oxygen atoms in total. The van der Waals surface area contributed by atoms with Crippen LogP contribution in [0.1, 0.15) is 49.7 Å². The summed E-state index contributed by atoms with van der Waals surface area (Å²) in [6.07, 6.45) is 4.68. The first-order valence-corrected chi connectivity index (χ1v) is 8.95. The summed E-state index contributed by atoms with van der Waals surface area (Å²) in [4.78, 5) is 14.8. The number of carbonyl (C=O) groups is 1. The molecule has 24 heavy (non-hydrogen) atoms. The highest BCUT2D eigenvalue weighted by Crippen LogP contribution is 2.28. The Morgan fingerprint density at radius 3 is 2.88 bits per heavy atom. The predicted molar refractivity (Wildman–Crippen MR) is 91.9 cm³/mol. The first-order valence-electron chi connectivity index (χ1n) is 8.95. The van der Waals surface area contributed by atoms with Crippen LogP contribution in [0.3, 0.4) is 0 Å². The number of fused-ring (bicyclic) bond motifs is 1. The Kier molecular flexibility index (Phi) is 4.88. The van der Waals surface area contributed by atoms with E-state index in [2.05, 4.69) is 15.5 Å². The molecular formula is C18H29N3O3. The third kappa shape index (κ3) is 3.59. The van der Waals surface area contributed by atoms with Crippen molar-refractivity contribution in [2.75, 3.05) is 19.6 Å². The summed E-state index contributed by atoms with van der Waals surface area (Å²) in [5.74, 6) is 1.45. The van der Waals surface area contributed by atoms with Gasteiger partial charge in [-0.2, -0.15) is 0 Å². The highest BCUT2D eigenvalue weighted by Gasteiger charge is 2.36. The molecule has 0 bridgehead atoms. The van der Waals surface area contributed by atoms with Crippen molar-refractivity contribution in [2.45, 2.75) is 64.1 Å². The molecule has 2 aliphatic rings. The second-order valence-corrected chi connectivity index (χ2v) is 7.42. The van der Waals surface area contributed by atoms with Crippen molar-refractivity contribution < 1.29 is 14.3 Å². The molecule has 3 atom stereocenters. The maximum Gasteiger partial charge on any atom is 0.315 e. The lowest BCUT2D eigenvalue weighted by molar-refractivity contribution is 0.0576. The van der Waals surface area contributed by atoms with E-state index < -0.39 is 5.60 Å². The van der Waals surface area contributed by atoms with Gasteiger partial charge < -0.3 is 20.2 Å². The summed E-state index contributed by atoms with van der Waals surface area (Å²) < 4.78 is 5.48. The van der Waals surface area contributed by atoms with Crippen LogP contribution < -0.4 is 10.6 Å². The first-order chi connectivity index (χ1) is 11.4. The van der Waals surface area contributed by atoms with E-state index in [1.54, 1.807) is 6.92 Å². The molecule has 3 N–H and O–H groups in total. The minimum atomic E-state index is -1.15. The third-order valence-electron chi connectivity index (χ3n) is 5.39. The lowest BCUT2D eigenvalue weighted by Crippen LogP contribution is -2.51. The number of hydrogen-bond donors (Lipinski definition) is 3. The van der Waals surface area contributed by atoms with Gasteiger partial charge in [0.05, 0.1) is 6.54 Å². The van der Waals surface area contributed by atoms with Gasteiger partial charge in [-0.1, -0.05) is 6.42 Å². The SMILES string of the molecule is Cc1cc(C(C)(O)CNC(=O)NC2CCN3CCCCC23)c(C)o1. The number of aliphatic hydroxyl groups is 1. The number of nitrogens with one attached hydrogen (secondary N) is 2. The van der Waals surface area contributed by atoms with Crippen LogP contribution in [0.25, 0.3) is 0 Å². The number of furan rings is 1. The van der Waals surface area contributed by atoms with E-state index in [9.17, 15) is 9.90 Å². The van der Waals surface area contributed by atoms with Gasteiger partial charge in [-0.25, -0.2) is 4.79 Å². The van der Waals surface area contributed by atoms with Gasteiger partial charge in [-0.3, -0.25) is 4.90 Å². The van der Waals surface area contributed by atoms with Crippen molar-refractivity contribution in [2.24, 2.45) is 0 Å². The highest BCUT2D eigenvalue weighted by molar-refractivity contribution is 5.74. The molecule has 134 valence electrons. The van der Waals surface area contributed by atoms with E-state index in [1.807, 2.05) is 19.9 Å². The Bertz CT molecular complexity index is 596. The van der Waals surface area contributed by atoms with E-state index in [-0.39, 0.29) is 18.6 Å². The van der Waals surface area contributed by atoms with Crippen LogP contribution in [-0.2, 0) is 5.60 Å². The van der Waals surface area contributed by atoms with Crippen LogP contribution in [0.5, 0.6) is 0 Å². The molecule has 0 aromatic carbocycles. The van der Waals surface area contributed by atoms with Gasteiger partial charge in [-0.15, -0.1) is 0 Å². The van der Waals surface area contributed by atoms with Gasteiger partial charge in [0.1, 0.15) is 17.1 Å². The zero-order valence-corrected chi connectivity index (χ0v) is 14.9. The standard InChI is InChI=1S/C18H29N3O3/c1-12-10-14(13(2)24-12)18(3,23)11-19-17(22)20-15-7-9-21-8-5-4-6-16(15)21/h10,15-16,23H,4-9,11H2,1-3H3,(H2,19,20,22). The molecule has 0 saturated carbocycles. The molecule has 1 aromatic rings. The van der Waals surface area contributed by atoms with Crippen LogP contribution in [-0.4, -0.2) is 47.8 Å². The predicted octanol–water partition coefficient (Wildman–Crippen LogP) is 2.03. The van der Waals surface area contributed by atoms with Crippen molar-refractivity contribution in [3.63, 3.8) is 0 Å². The van der Waals surface area contributed by atoms with Gasteiger partial charge in [0.2, 0.25) is 0 Å². The summed E-state index contributed by atoms with van der Waals surface area (Å²) in [5.41, 5.74) is -0.425.